The molecule has 0 saturated heterocycles. The highest BCUT2D eigenvalue weighted by molar-refractivity contribution is 6.03. The van der Waals surface area contributed by atoms with E-state index in [0.717, 1.165) is 11.1 Å². The summed E-state index contributed by atoms with van der Waals surface area (Å²) in [6.45, 7) is 1.41. The topological polar surface area (TPSA) is 75.8 Å². The Hall–Kier alpha value is -3.09. The van der Waals surface area contributed by atoms with Crippen LogP contribution in [0.2, 0.25) is 0 Å². The predicted molar refractivity (Wildman–Crippen MR) is 85.9 cm³/mol. The highest BCUT2D eigenvalue weighted by Crippen LogP contribution is 2.33. The number of hydrazone groups is 1. The first-order valence-electron chi connectivity index (χ1n) is 7.33. The highest BCUT2D eigenvalue weighted by atomic mass is 19.1. The van der Waals surface area contributed by atoms with Crippen LogP contribution in [-0.4, -0.2) is 21.6 Å². The number of carbonyl (C=O) groups excluding carboxylic acids is 1. The van der Waals surface area contributed by atoms with Crippen molar-refractivity contribution >= 4 is 17.3 Å². The van der Waals surface area contributed by atoms with Gasteiger partial charge >= 0.3 is 0 Å². The minimum atomic E-state index is -0.471. The molecule has 1 aliphatic rings. The maximum Gasteiger partial charge on any atom is 0.269 e. The van der Waals surface area contributed by atoms with E-state index >= 15 is 0 Å². The summed E-state index contributed by atoms with van der Waals surface area (Å²) in [6.07, 6.45) is 0.461. The molecule has 0 bridgehead atoms. The Morgan fingerprint density at radius 3 is 2.38 bits per heavy atom. The molecule has 1 unspecified atom stereocenters. The van der Waals surface area contributed by atoms with Crippen LogP contribution in [0, 0.1) is 15.9 Å². The van der Waals surface area contributed by atoms with E-state index in [2.05, 4.69) is 5.10 Å². The third kappa shape index (κ3) is 3.01. The van der Waals surface area contributed by atoms with E-state index in [4.69, 9.17) is 0 Å². The van der Waals surface area contributed by atoms with Crippen LogP contribution in [0.4, 0.5) is 10.1 Å². The van der Waals surface area contributed by atoms with Gasteiger partial charge in [-0.1, -0.05) is 24.3 Å². The fraction of sp³-hybridized carbons (Fsp3) is 0.176. The van der Waals surface area contributed by atoms with Crippen molar-refractivity contribution in [2.75, 3.05) is 0 Å². The van der Waals surface area contributed by atoms with Crippen molar-refractivity contribution in [3.8, 4) is 0 Å². The lowest BCUT2D eigenvalue weighted by Gasteiger charge is -2.20. The molecule has 1 atom stereocenters. The summed E-state index contributed by atoms with van der Waals surface area (Å²) in [7, 11) is 0. The third-order valence-electron chi connectivity index (χ3n) is 3.90. The summed E-state index contributed by atoms with van der Waals surface area (Å²) in [5.41, 5.74) is 2.17. The molecule has 2 aromatic carbocycles. The first-order chi connectivity index (χ1) is 11.5. The lowest BCUT2D eigenvalue weighted by atomic mass is 9.98. The average molecular weight is 327 g/mol. The van der Waals surface area contributed by atoms with Crippen molar-refractivity contribution in [3.05, 3.63) is 75.6 Å². The number of hydrogen-bond donors (Lipinski definition) is 0. The number of nitro groups is 1. The molecule has 0 fully saturated rings. The van der Waals surface area contributed by atoms with E-state index in [1.54, 1.807) is 24.3 Å². The van der Waals surface area contributed by atoms with Crippen molar-refractivity contribution in [1.29, 1.82) is 0 Å². The minimum absolute atomic E-state index is 0.00852. The van der Waals surface area contributed by atoms with Gasteiger partial charge in [0, 0.05) is 25.5 Å². The Labute approximate surface area is 137 Å². The van der Waals surface area contributed by atoms with Gasteiger partial charge in [-0.15, -0.1) is 0 Å². The first kappa shape index (κ1) is 15.8. The second kappa shape index (κ2) is 6.19. The fourth-order valence-corrected chi connectivity index (χ4v) is 2.70. The van der Waals surface area contributed by atoms with Crippen LogP contribution in [-0.2, 0) is 4.79 Å². The molecule has 0 aliphatic carbocycles. The van der Waals surface area contributed by atoms with E-state index in [9.17, 15) is 19.3 Å². The van der Waals surface area contributed by atoms with E-state index in [1.807, 2.05) is 0 Å². The number of nitro benzene ring substituents is 1. The molecule has 0 radical (unpaired) electrons. The average Bonchev–Trinajstić information content (AvgIpc) is 3.01. The maximum absolute atomic E-state index is 13.1. The molecule has 3 rings (SSSR count). The van der Waals surface area contributed by atoms with Gasteiger partial charge in [-0.25, -0.2) is 9.40 Å². The molecule has 1 heterocycles. The Bertz CT molecular complexity index is 816. The second-order valence-electron chi connectivity index (χ2n) is 5.49. The van der Waals surface area contributed by atoms with Crippen molar-refractivity contribution < 1.29 is 14.1 Å². The van der Waals surface area contributed by atoms with Crippen LogP contribution in [0.5, 0.6) is 0 Å². The number of non-ortho nitro benzene ring substituents is 1. The number of benzene rings is 2. The summed E-state index contributed by atoms with van der Waals surface area (Å²) in [5.74, 6) is -0.567. The summed E-state index contributed by atoms with van der Waals surface area (Å²) in [5, 5.41) is 16.5. The van der Waals surface area contributed by atoms with Gasteiger partial charge in [-0.3, -0.25) is 14.9 Å². The zero-order chi connectivity index (χ0) is 17.3. The Morgan fingerprint density at radius 2 is 1.83 bits per heavy atom. The molecule has 1 amide bonds. The van der Waals surface area contributed by atoms with Crippen molar-refractivity contribution in [2.24, 2.45) is 5.10 Å². The van der Waals surface area contributed by atoms with Gasteiger partial charge in [0.15, 0.2) is 0 Å². The zero-order valence-corrected chi connectivity index (χ0v) is 12.8. The number of amides is 1. The lowest BCUT2D eigenvalue weighted by molar-refractivity contribution is -0.384. The van der Waals surface area contributed by atoms with Gasteiger partial charge in [-0.05, 0) is 23.3 Å². The van der Waals surface area contributed by atoms with Gasteiger partial charge in [0.1, 0.15) is 5.82 Å². The van der Waals surface area contributed by atoms with E-state index in [-0.39, 0.29) is 23.5 Å². The van der Waals surface area contributed by atoms with Crippen LogP contribution in [0.1, 0.15) is 30.5 Å². The van der Waals surface area contributed by atoms with Gasteiger partial charge in [0.25, 0.3) is 5.69 Å². The highest BCUT2D eigenvalue weighted by Gasteiger charge is 2.31. The quantitative estimate of drug-likeness (QED) is 0.640. The molecule has 0 aromatic heterocycles. The van der Waals surface area contributed by atoms with Gasteiger partial charge in [-0.2, -0.15) is 5.10 Å². The molecule has 2 aromatic rings. The summed E-state index contributed by atoms with van der Waals surface area (Å²) >= 11 is 0. The van der Waals surface area contributed by atoms with Crippen molar-refractivity contribution in [3.63, 3.8) is 0 Å². The largest absolute Gasteiger partial charge is 0.273 e. The molecule has 6 nitrogen and oxygen atoms in total. The van der Waals surface area contributed by atoms with Crippen LogP contribution < -0.4 is 0 Å². The Balaban J connectivity index is 1.90. The Kier molecular flexibility index (Phi) is 4.07. The number of hydrogen-bond acceptors (Lipinski definition) is 4. The van der Waals surface area contributed by atoms with Crippen LogP contribution in [0.25, 0.3) is 0 Å². The van der Waals surface area contributed by atoms with E-state index in [1.165, 1.54) is 36.2 Å². The number of nitrogens with zero attached hydrogens (tertiary/aromatic N) is 3. The van der Waals surface area contributed by atoms with Crippen LogP contribution in [0.3, 0.4) is 0 Å². The summed E-state index contributed by atoms with van der Waals surface area (Å²) in [4.78, 5) is 22.2. The number of rotatable bonds is 3. The SMILES string of the molecule is CC(=O)N1N=C(c2ccc(F)cc2)CC1c1ccc([N+](=O)[O-])cc1. The summed E-state index contributed by atoms with van der Waals surface area (Å²) in [6, 6.07) is 11.7. The smallest absolute Gasteiger partial charge is 0.269 e. The molecule has 122 valence electrons. The Morgan fingerprint density at radius 1 is 1.21 bits per heavy atom. The van der Waals surface area contributed by atoms with Crippen molar-refractivity contribution in [1.82, 2.24) is 5.01 Å². The van der Waals surface area contributed by atoms with Crippen LogP contribution in [0.15, 0.2) is 53.6 Å². The monoisotopic (exact) mass is 327 g/mol. The number of halogens is 1. The molecule has 1 aliphatic heterocycles. The van der Waals surface area contributed by atoms with Gasteiger partial charge in [0.2, 0.25) is 5.91 Å². The maximum atomic E-state index is 13.1. The van der Waals surface area contributed by atoms with Gasteiger partial charge in [0.05, 0.1) is 16.7 Å². The third-order valence-corrected chi connectivity index (χ3v) is 3.90. The van der Waals surface area contributed by atoms with Crippen LogP contribution >= 0.6 is 0 Å². The molecule has 0 saturated carbocycles. The van der Waals surface area contributed by atoms with Crippen molar-refractivity contribution in [2.45, 2.75) is 19.4 Å². The molecular formula is C17H14FN3O3. The molecular weight excluding hydrogens is 313 g/mol. The normalized spacial score (nSPS) is 16.8. The molecule has 0 spiro atoms. The number of carbonyl (C=O) groups is 1. The predicted octanol–water partition coefficient (Wildman–Crippen LogP) is 3.43. The standard InChI is InChI=1S/C17H14FN3O3/c1-11(22)20-17(13-4-8-15(9-5-13)21(23)24)10-16(19-20)12-2-6-14(18)7-3-12/h2-9,17H,10H2,1H3. The van der Waals surface area contributed by atoms with E-state index < -0.39 is 4.92 Å². The fourth-order valence-electron chi connectivity index (χ4n) is 2.70. The second-order valence-corrected chi connectivity index (χ2v) is 5.49. The summed E-state index contributed by atoms with van der Waals surface area (Å²) < 4.78 is 13.1. The molecule has 24 heavy (non-hydrogen) atoms. The minimum Gasteiger partial charge on any atom is -0.273 e. The first-order valence-corrected chi connectivity index (χ1v) is 7.33. The molecule has 0 N–H and O–H groups in total. The zero-order valence-electron chi connectivity index (χ0n) is 12.8. The molecule has 7 heteroatoms. The van der Waals surface area contributed by atoms with E-state index in [0.29, 0.717) is 12.1 Å². The lowest BCUT2D eigenvalue weighted by Crippen LogP contribution is -2.24. The van der Waals surface area contributed by atoms with Gasteiger partial charge < -0.3 is 0 Å².